The topological polar surface area (TPSA) is 46.2 Å². The molecular weight excluding hydrogens is 222 g/mol. The van der Waals surface area contributed by atoms with Gasteiger partial charge in [-0.25, -0.2) is 4.98 Å². The van der Waals surface area contributed by atoms with Crippen LogP contribution in [-0.2, 0) is 4.74 Å². The van der Waals surface area contributed by atoms with E-state index in [0.29, 0.717) is 6.04 Å². The van der Waals surface area contributed by atoms with Gasteiger partial charge < -0.3 is 15.4 Å². The Balaban J connectivity index is 2.11. The highest BCUT2D eigenvalue weighted by molar-refractivity contribution is 7.09. The van der Waals surface area contributed by atoms with Gasteiger partial charge in [0, 0.05) is 38.3 Å². The molecule has 0 spiro atoms. The second-order valence-electron chi connectivity index (χ2n) is 3.53. The monoisotopic (exact) mass is 243 g/mol. The maximum Gasteiger partial charge on any atom is 0.109 e. The van der Waals surface area contributed by atoms with E-state index < -0.39 is 0 Å². The summed E-state index contributed by atoms with van der Waals surface area (Å²) in [6, 6.07) is 0.393. The zero-order valence-corrected chi connectivity index (χ0v) is 10.8. The number of nitrogens with one attached hydrogen (secondary N) is 2. The molecule has 92 valence electrons. The van der Waals surface area contributed by atoms with Crippen LogP contribution in [0.3, 0.4) is 0 Å². The summed E-state index contributed by atoms with van der Waals surface area (Å²) in [5.41, 5.74) is 0. The predicted molar refractivity (Wildman–Crippen MR) is 67.9 cm³/mol. The van der Waals surface area contributed by atoms with Crippen LogP contribution in [0.25, 0.3) is 0 Å². The fraction of sp³-hybridized carbons (Fsp3) is 0.727. The Morgan fingerprint density at radius 1 is 1.44 bits per heavy atom. The van der Waals surface area contributed by atoms with Crippen LogP contribution in [0.5, 0.6) is 0 Å². The number of methoxy groups -OCH3 is 1. The van der Waals surface area contributed by atoms with E-state index in [9.17, 15) is 0 Å². The molecule has 16 heavy (non-hydrogen) atoms. The summed E-state index contributed by atoms with van der Waals surface area (Å²) in [6.45, 7) is 5.78. The number of thiazole rings is 1. The summed E-state index contributed by atoms with van der Waals surface area (Å²) in [6.07, 6.45) is 2.94. The van der Waals surface area contributed by atoms with Gasteiger partial charge in [-0.3, -0.25) is 0 Å². The van der Waals surface area contributed by atoms with Gasteiger partial charge in [0.2, 0.25) is 0 Å². The summed E-state index contributed by atoms with van der Waals surface area (Å²) < 4.78 is 4.96. The van der Waals surface area contributed by atoms with Gasteiger partial charge in [0.15, 0.2) is 0 Å². The standard InChI is InChI=1S/C11H21N3OS/c1-3-10(11-14-7-9-16-11)13-5-4-12-6-8-15-2/h7,9-10,12-13H,3-6,8H2,1-2H3. The number of hydrogen-bond acceptors (Lipinski definition) is 5. The first-order valence-corrected chi connectivity index (χ1v) is 6.58. The van der Waals surface area contributed by atoms with Crippen LogP contribution in [0.2, 0.25) is 0 Å². The van der Waals surface area contributed by atoms with Crippen molar-refractivity contribution in [2.75, 3.05) is 33.4 Å². The molecule has 1 atom stereocenters. The molecule has 0 radical (unpaired) electrons. The van der Waals surface area contributed by atoms with E-state index in [1.165, 1.54) is 5.01 Å². The van der Waals surface area contributed by atoms with Crippen LogP contribution in [0.1, 0.15) is 24.4 Å². The van der Waals surface area contributed by atoms with Gasteiger partial charge in [0.25, 0.3) is 0 Å². The zero-order chi connectivity index (χ0) is 11.6. The fourth-order valence-electron chi connectivity index (χ4n) is 1.45. The van der Waals surface area contributed by atoms with Crippen LogP contribution < -0.4 is 10.6 Å². The average molecular weight is 243 g/mol. The zero-order valence-electron chi connectivity index (χ0n) is 10.0. The molecule has 0 aliphatic carbocycles. The van der Waals surface area contributed by atoms with Crippen molar-refractivity contribution < 1.29 is 4.74 Å². The first kappa shape index (κ1) is 13.6. The highest BCUT2D eigenvalue weighted by Crippen LogP contribution is 2.17. The van der Waals surface area contributed by atoms with Crippen molar-refractivity contribution in [3.8, 4) is 0 Å². The molecule has 0 aromatic carbocycles. The quantitative estimate of drug-likeness (QED) is 0.644. The normalized spacial score (nSPS) is 12.9. The lowest BCUT2D eigenvalue weighted by molar-refractivity contribution is 0.199. The molecule has 1 aromatic rings. The summed E-state index contributed by atoms with van der Waals surface area (Å²) in [5, 5.41) is 10.0. The van der Waals surface area contributed by atoms with Crippen molar-refractivity contribution in [1.82, 2.24) is 15.6 Å². The highest BCUT2D eigenvalue weighted by Gasteiger charge is 2.09. The molecule has 1 heterocycles. The van der Waals surface area contributed by atoms with Crippen molar-refractivity contribution in [2.45, 2.75) is 19.4 Å². The van der Waals surface area contributed by atoms with Crippen molar-refractivity contribution in [3.05, 3.63) is 16.6 Å². The maximum absolute atomic E-state index is 4.96. The lowest BCUT2D eigenvalue weighted by Gasteiger charge is -2.14. The maximum atomic E-state index is 4.96. The molecule has 0 aliphatic rings. The second-order valence-corrected chi connectivity index (χ2v) is 4.45. The van der Waals surface area contributed by atoms with Crippen LogP contribution in [-0.4, -0.2) is 38.3 Å². The van der Waals surface area contributed by atoms with E-state index in [1.807, 2.05) is 11.6 Å². The molecule has 0 bridgehead atoms. The lowest BCUT2D eigenvalue weighted by atomic mass is 10.2. The van der Waals surface area contributed by atoms with Crippen LogP contribution in [0.4, 0.5) is 0 Å². The van der Waals surface area contributed by atoms with E-state index >= 15 is 0 Å². The average Bonchev–Trinajstić information content (AvgIpc) is 2.82. The van der Waals surface area contributed by atoms with E-state index in [-0.39, 0.29) is 0 Å². The third kappa shape index (κ3) is 5.03. The Labute approximate surface area is 101 Å². The first-order chi connectivity index (χ1) is 7.88. The van der Waals surface area contributed by atoms with Gasteiger partial charge in [0.05, 0.1) is 12.6 Å². The minimum atomic E-state index is 0.393. The smallest absolute Gasteiger partial charge is 0.109 e. The molecule has 0 aliphatic heterocycles. The van der Waals surface area contributed by atoms with E-state index in [4.69, 9.17) is 4.74 Å². The van der Waals surface area contributed by atoms with Crippen molar-refractivity contribution in [2.24, 2.45) is 0 Å². The number of hydrogen-bond donors (Lipinski definition) is 2. The van der Waals surface area contributed by atoms with Crippen molar-refractivity contribution in [1.29, 1.82) is 0 Å². The third-order valence-corrected chi connectivity index (χ3v) is 3.22. The molecular formula is C11H21N3OS. The Hall–Kier alpha value is -0.490. The van der Waals surface area contributed by atoms with Gasteiger partial charge in [-0.2, -0.15) is 0 Å². The van der Waals surface area contributed by atoms with Crippen molar-refractivity contribution in [3.63, 3.8) is 0 Å². The molecule has 2 N–H and O–H groups in total. The summed E-state index contributed by atoms with van der Waals surface area (Å²) >= 11 is 1.71. The number of rotatable bonds is 9. The molecule has 1 unspecified atom stereocenters. The van der Waals surface area contributed by atoms with Gasteiger partial charge in [0.1, 0.15) is 5.01 Å². The summed E-state index contributed by atoms with van der Waals surface area (Å²) in [4.78, 5) is 4.33. The highest BCUT2D eigenvalue weighted by atomic mass is 32.1. The number of nitrogens with zero attached hydrogens (tertiary/aromatic N) is 1. The van der Waals surface area contributed by atoms with Crippen molar-refractivity contribution >= 4 is 11.3 Å². The minimum Gasteiger partial charge on any atom is -0.383 e. The molecule has 0 amide bonds. The molecule has 1 aromatic heterocycles. The summed E-state index contributed by atoms with van der Waals surface area (Å²) in [7, 11) is 1.72. The molecule has 1 rings (SSSR count). The minimum absolute atomic E-state index is 0.393. The molecule has 0 fully saturated rings. The predicted octanol–water partition coefficient (Wildman–Crippen LogP) is 1.42. The largest absolute Gasteiger partial charge is 0.383 e. The number of ether oxygens (including phenoxy) is 1. The summed E-state index contributed by atoms with van der Waals surface area (Å²) in [5.74, 6) is 0. The molecule has 4 nitrogen and oxygen atoms in total. The fourth-order valence-corrected chi connectivity index (χ4v) is 2.24. The first-order valence-electron chi connectivity index (χ1n) is 5.71. The Kier molecular flexibility index (Phi) is 7.33. The Morgan fingerprint density at radius 3 is 2.94 bits per heavy atom. The van der Waals surface area contributed by atoms with Gasteiger partial charge in [-0.05, 0) is 6.42 Å². The lowest BCUT2D eigenvalue weighted by Crippen LogP contribution is -2.31. The van der Waals surface area contributed by atoms with Gasteiger partial charge in [-0.15, -0.1) is 11.3 Å². The second kappa shape index (κ2) is 8.64. The van der Waals surface area contributed by atoms with Crippen LogP contribution >= 0.6 is 11.3 Å². The van der Waals surface area contributed by atoms with E-state index in [0.717, 1.165) is 32.7 Å². The van der Waals surface area contributed by atoms with E-state index in [2.05, 4.69) is 22.5 Å². The van der Waals surface area contributed by atoms with Crippen LogP contribution in [0, 0.1) is 0 Å². The van der Waals surface area contributed by atoms with Gasteiger partial charge >= 0.3 is 0 Å². The molecule has 5 heteroatoms. The molecule has 0 saturated carbocycles. The van der Waals surface area contributed by atoms with E-state index in [1.54, 1.807) is 18.4 Å². The molecule has 0 saturated heterocycles. The SMILES string of the molecule is CCC(NCCNCCOC)c1nccs1. The number of aromatic nitrogens is 1. The van der Waals surface area contributed by atoms with Gasteiger partial charge in [-0.1, -0.05) is 6.92 Å². The Morgan fingerprint density at radius 2 is 2.31 bits per heavy atom. The third-order valence-electron chi connectivity index (χ3n) is 2.33. The van der Waals surface area contributed by atoms with Crippen LogP contribution in [0.15, 0.2) is 11.6 Å². The Bertz CT molecular complexity index is 254.